The predicted octanol–water partition coefficient (Wildman–Crippen LogP) is 2.66. The van der Waals surface area contributed by atoms with Gasteiger partial charge in [0.25, 0.3) is 5.91 Å². The zero-order valence-electron chi connectivity index (χ0n) is 19.3. The van der Waals surface area contributed by atoms with Gasteiger partial charge in [0.2, 0.25) is 5.91 Å². The van der Waals surface area contributed by atoms with E-state index in [9.17, 15) is 19.2 Å². The van der Waals surface area contributed by atoms with Crippen molar-refractivity contribution in [3.8, 4) is 0 Å². The molecule has 34 heavy (non-hydrogen) atoms. The number of hydrogen-bond donors (Lipinski definition) is 1. The van der Waals surface area contributed by atoms with Crippen molar-refractivity contribution in [2.75, 3.05) is 25.2 Å². The molecule has 0 atom stereocenters. The Bertz CT molecular complexity index is 1120. The number of esters is 2. The average molecular weight is 508 g/mol. The van der Waals surface area contributed by atoms with Crippen molar-refractivity contribution >= 4 is 57.1 Å². The molecule has 2 amide bonds. The van der Waals surface area contributed by atoms with Gasteiger partial charge in [0.15, 0.2) is 4.80 Å². The molecule has 0 aliphatic heterocycles. The summed E-state index contributed by atoms with van der Waals surface area (Å²) in [7, 11) is 1.29. The van der Waals surface area contributed by atoms with Crippen LogP contribution in [0.2, 0.25) is 0 Å². The topological polar surface area (TPSA) is 116 Å². The van der Waals surface area contributed by atoms with Crippen molar-refractivity contribution in [3.05, 3.63) is 28.6 Å². The van der Waals surface area contributed by atoms with Crippen molar-refractivity contribution in [1.29, 1.82) is 0 Å². The molecule has 0 radical (unpaired) electrons. The normalized spacial score (nSPS) is 14.7. The maximum absolute atomic E-state index is 12.5. The highest BCUT2D eigenvalue weighted by atomic mass is 32.2. The van der Waals surface area contributed by atoms with Crippen LogP contribution in [-0.4, -0.2) is 59.6 Å². The van der Waals surface area contributed by atoms with E-state index in [2.05, 4.69) is 10.3 Å². The summed E-state index contributed by atoms with van der Waals surface area (Å²) in [5.41, 5.74) is 1.02. The van der Waals surface area contributed by atoms with E-state index >= 15 is 0 Å². The molecule has 0 bridgehead atoms. The summed E-state index contributed by atoms with van der Waals surface area (Å²) >= 11 is 2.40. The Morgan fingerprint density at radius 3 is 2.65 bits per heavy atom. The first-order valence-electron chi connectivity index (χ1n) is 11.2. The number of amides is 2. The van der Waals surface area contributed by atoms with Crippen LogP contribution in [0, 0.1) is 0 Å². The van der Waals surface area contributed by atoms with Gasteiger partial charge in [0.05, 0.1) is 41.0 Å². The van der Waals surface area contributed by atoms with Gasteiger partial charge in [-0.2, -0.15) is 4.99 Å². The van der Waals surface area contributed by atoms with Gasteiger partial charge >= 0.3 is 11.9 Å². The highest BCUT2D eigenvalue weighted by Gasteiger charge is 2.17. The largest absolute Gasteiger partial charge is 0.468 e. The Labute approximate surface area is 205 Å². The molecule has 0 saturated heterocycles. The number of nitrogens with zero attached hydrogens (tertiary/aromatic N) is 2. The molecule has 0 spiro atoms. The van der Waals surface area contributed by atoms with Crippen molar-refractivity contribution in [1.82, 2.24) is 9.88 Å². The molecule has 11 heteroatoms. The standard InChI is InChI=1S/C23H29N3O6S2/c1-3-32-22(30)15-9-10-17-18(11-15)34-23(26(17)12-21(29)31-2)25-20(28)14-33-13-19(27)24-16-7-5-4-6-8-16/h9-11,16H,3-8,12-14H2,1-2H3,(H,24,27). The van der Waals surface area contributed by atoms with Gasteiger partial charge in [-0.05, 0) is 38.0 Å². The van der Waals surface area contributed by atoms with E-state index in [0.717, 1.165) is 25.7 Å². The number of thiazole rings is 1. The fraction of sp³-hybridized carbons (Fsp3) is 0.522. The molecule has 1 N–H and O–H groups in total. The van der Waals surface area contributed by atoms with Crippen molar-refractivity contribution in [2.45, 2.75) is 51.6 Å². The van der Waals surface area contributed by atoms with E-state index < -0.39 is 17.8 Å². The molecule has 0 unspecified atom stereocenters. The summed E-state index contributed by atoms with van der Waals surface area (Å²) < 4.78 is 12.1. The van der Waals surface area contributed by atoms with Crippen LogP contribution in [0.4, 0.5) is 0 Å². The van der Waals surface area contributed by atoms with E-state index in [1.807, 2.05) is 0 Å². The second-order valence-corrected chi connectivity index (χ2v) is 9.85. The number of thioether (sulfide) groups is 1. The lowest BCUT2D eigenvalue weighted by Crippen LogP contribution is -2.37. The molecule has 1 aliphatic carbocycles. The smallest absolute Gasteiger partial charge is 0.338 e. The Morgan fingerprint density at radius 2 is 1.94 bits per heavy atom. The van der Waals surface area contributed by atoms with Crippen molar-refractivity contribution in [2.24, 2.45) is 4.99 Å². The number of carbonyl (C=O) groups is 4. The lowest BCUT2D eigenvalue weighted by molar-refractivity contribution is -0.141. The van der Waals surface area contributed by atoms with Gasteiger partial charge in [-0.25, -0.2) is 4.79 Å². The Morgan fingerprint density at radius 1 is 1.18 bits per heavy atom. The number of fused-ring (bicyclic) bond motifs is 1. The molecule has 1 saturated carbocycles. The molecule has 1 aromatic heterocycles. The number of aromatic nitrogens is 1. The Balaban J connectivity index is 1.72. The van der Waals surface area contributed by atoms with Crippen LogP contribution in [0.5, 0.6) is 0 Å². The van der Waals surface area contributed by atoms with Gasteiger partial charge in [-0.15, -0.1) is 11.8 Å². The molecule has 1 aromatic carbocycles. The zero-order chi connectivity index (χ0) is 24.5. The number of ether oxygens (including phenoxy) is 2. The third kappa shape index (κ3) is 7.17. The SMILES string of the molecule is CCOC(=O)c1ccc2c(c1)sc(=NC(=O)CSCC(=O)NC1CCCCC1)n2CC(=O)OC. The van der Waals surface area contributed by atoms with Crippen LogP contribution in [-0.2, 0) is 30.4 Å². The second kappa shape index (κ2) is 12.7. The minimum Gasteiger partial charge on any atom is -0.468 e. The Hall–Kier alpha value is -2.66. The first-order chi connectivity index (χ1) is 16.4. The third-order valence-electron chi connectivity index (χ3n) is 5.36. The summed E-state index contributed by atoms with van der Waals surface area (Å²) in [4.78, 5) is 53.2. The molecule has 2 aromatic rings. The second-order valence-electron chi connectivity index (χ2n) is 7.85. The predicted molar refractivity (Wildman–Crippen MR) is 131 cm³/mol. The van der Waals surface area contributed by atoms with Crippen LogP contribution in [0.3, 0.4) is 0 Å². The molecule has 1 fully saturated rings. The summed E-state index contributed by atoms with van der Waals surface area (Å²) in [6.07, 6.45) is 5.51. The highest BCUT2D eigenvalue weighted by molar-refractivity contribution is 8.00. The Kier molecular flexibility index (Phi) is 9.70. The quantitative estimate of drug-likeness (QED) is 0.519. The number of carbonyl (C=O) groups excluding carboxylic acids is 4. The highest BCUT2D eigenvalue weighted by Crippen LogP contribution is 2.20. The summed E-state index contributed by atoms with van der Waals surface area (Å²) in [5.74, 6) is -1.19. The van der Waals surface area contributed by atoms with E-state index in [1.165, 1.54) is 36.6 Å². The molecular weight excluding hydrogens is 478 g/mol. The van der Waals surface area contributed by atoms with Crippen LogP contribution in [0.15, 0.2) is 23.2 Å². The molecule has 9 nitrogen and oxygen atoms in total. The van der Waals surface area contributed by atoms with E-state index in [0.29, 0.717) is 20.6 Å². The van der Waals surface area contributed by atoms with Crippen molar-refractivity contribution < 1.29 is 28.7 Å². The lowest BCUT2D eigenvalue weighted by atomic mass is 9.95. The number of methoxy groups -OCH3 is 1. The van der Waals surface area contributed by atoms with Crippen LogP contribution < -0.4 is 10.1 Å². The van der Waals surface area contributed by atoms with Crippen LogP contribution >= 0.6 is 23.1 Å². The summed E-state index contributed by atoms with van der Waals surface area (Å²) in [6.45, 7) is 1.86. The summed E-state index contributed by atoms with van der Waals surface area (Å²) in [5, 5.41) is 3.03. The van der Waals surface area contributed by atoms with Crippen LogP contribution in [0.1, 0.15) is 49.4 Å². The number of hydrogen-bond acceptors (Lipinski definition) is 8. The number of nitrogens with one attached hydrogen (secondary N) is 1. The van der Waals surface area contributed by atoms with Gasteiger partial charge in [-0.1, -0.05) is 30.6 Å². The van der Waals surface area contributed by atoms with Crippen LogP contribution in [0.25, 0.3) is 10.2 Å². The lowest BCUT2D eigenvalue weighted by Gasteiger charge is -2.22. The number of rotatable bonds is 9. The minimum atomic E-state index is -0.489. The van der Waals surface area contributed by atoms with Crippen molar-refractivity contribution in [3.63, 3.8) is 0 Å². The number of benzene rings is 1. The van der Waals surface area contributed by atoms with Gasteiger partial charge < -0.3 is 19.4 Å². The third-order valence-corrected chi connectivity index (χ3v) is 7.32. The van der Waals surface area contributed by atoms with E-state index in [4.69, 9.17) is 9.47 Å². The molecular formula is C23H29N3O6S2. The monoisotopic (exact) mass is 507 g/mol. The van der Waals surface area contributed by atoms with E-state index in [1.54, 1.807) is 29.7 Å². The zero-order valence-corrected chi connectivity index (χ0v) is 21.0. The molecule has 184 valence electrons. The van der Waals surface area contributed by atoms with Gasteiger partial charge in [0.1, 0.15) is 6.54 Å². The van der Waals surface area contributed by atoms with Gasteiger partial charge in [-0.3, -0.25) is 14.4 Å². The first kappa shape index (κ1) is 26.0. The van der Waals surface area contributed by atoms with E-state index in [-0.39, 0.29) is 36.6 Å². The summed E-state index contributed by atoms with van der Waals surface area (Å²) in [6, 6.07) is 5.18. The fourth-order valence-corrected chi connectivity index (χ4v) is 5.43. The minimum absolute atomic E-state index is 0.0403. The molecule has 1 aliphatic rings. The maximum atomic E-state index is 12.5. The fourth-order valence-electron chi connectivity index (χ4n) is 3.73. The molecule has 3 rings (SSSR count). The first-order valence-corrected chi connectivity index (χ1v) is 13.2. The maximum Gasteiger partial charge on any atom is 0.338 e. The van der Waals surface area contributed by atoms with Gasteiger partial charge in [0, 0.05) is 6.04 Å². The average Bonchev–Trinajstić information content (AvgIpc) is 3.15. The molecule has 1 heterocycles.